The minimum absolute atomic E-state index is 0.00553. The molecule has 1 N–H and O–H groups in total. The molecule has 0 spiro atoms. The molecule has 1 saturated carbocycles. The van der Waals surface area contributed by atoms with Gasteiger partial charge in [0.05, 0.1) is 5.69 Å². The van der Waals surface area contributed by atoms with Crippen molar-refractivity contribution in [2.45, 2.75) is 25.2 Å². The van der Waals surface area contributed by atoms with Crippen LogP contribution in [0.15, 0.2) is 10.6 Å². The van der Waals surface area contributed by atoms with Crippen LogP contribution in [0.2, 0.25) is 0 Å². The summed E-state index contributed by atoms with van der Waals surface area (Å²) in [4.78, 5) is 28.3. The Hall–Kier alpha value is -1.89. The first-order chi connectivity index (χ1) is 11.0. The van der Waals surface area contributed by atoms with Crippen LogP contribution in [0.25, 0.3) is 0 Å². The molecule has 4 rings (SSSR count). The van der Waals surface area contributed by atoms with E-state index in [0.717, 1.165) is 31.5 Å². The second-order valence-electron chi connectivity index (χ2n) is 7.26. The standard InChI is InChI=1S/C16H21N3O4/c1-18-5-4-11-7-19(9-16(11,8-18)15(21)22)14(20)13-6-12(17-23-13)10-2-3-10/h6,10-11H,2-5,7-9H2,1H3,(H,21,22)/t11-,16-/m0/s1. The number of carboxylic acid groups (broad SMARTS) is 1. The van der Waals surface area contributed by atoms with Crippen molar-refractivity contribution in [2.75, 3.05) is 33.2 Å². The number of hydrogen-bond donors (Lipinski definition) is 1. The first kappa shape index (κ1) is 14.7. The molecule has 7 heteroatoms. The van der Waals surface area contributed by atoms with Crippen molar-refractivity contribution in [3.05, 3.63) is 17.5 Å². The zero-order valence-corrected chi connectivity index (χ0v) is 13.2. The Labute approximate surface area is 134 Å². The summed E-state index contributed by atoms with van der Waals surface area (Å²) in [6.45, 7) is 2.09. The van der Waals surface area contributed by atoms with Crippen LogP contribution in [0, 0.1) is 11.3 Å². The fraction of sp³-hybridized carbons (Fsp3) is 0.688. The van der Waals surface area contributed by atoms with Crippen molar-refractivity contribution in [3.63, 3.8) is 0 Å². The third kappa shape index (κ3) is 2.34. The SMILES string of the molecule is CN1CC[C@H]2CN(C(=O)c3cc(C4CC4)no3)C[C@@]2(C(=O)O)C1. The fourth-order valence-corrected chi connectivity index (χ4v) is 4.04. The van der Waals surface area contributed by atoms with Crippen molar-refractivity contribution >= 4 is 11.9 Å². The Morgan fingerprint density at radius 3 is 2.83 bits per heavy atom. The maximum absolute atomic E-state index is 12.7. The number of rotatable bonds is 3. The first-order valence-corrected chi connectivity index (χ1v) is 8.17. The molecule has 0 unspecified atom stereocenters. The van der Waals surface area contributed by atoms with Crippen molar-refractivity contribution in [1.29, 1.82) is 0 Å². The second-order valence-corrected chi connectivity index (χ2v) is 7.26. The van der Waals surface area contributed by atoms with Crippen LogP contribution in [-0.2, 0) is 4.79 Å². The number of amides is 1. The van der Waals surface area contributed by atoms with Gasteiger partial charge in [-0.05, 0) is 38.8 Å². The predicted molar refractivity (Wildman–Crippen MR) is 80.1 cm³/mol. The molecule has 124 valence electrons. The van der Waals surface area contributed by atoms with Crippen molar-refractivity contribution in [3.8, 4) is 0 Å². The van der Waals surface area contributed by atoms with E-state index in [0.29, 0.717) is 19.0 Å². The van der Waals surface area contributed by atoms with E-state index in [9.17, 15) is 14.7 Å². The average molecular weight is 319 g/mol. The second kappa shape index (κ2) is 5.06. The lowest BCUT2D eigenvalue weighted by Gasteiger charge is -2.39. The summed E-state index contributed by atoms with van der Waals surface area (Å²) in [5, 5.41) is 13.8. The van der Waals surface area contributed by atoms with Crippen molar-refractivity contribution in [1.82, 2.24) is 15.0 Å². The molecular formula is C16H21N3O4. The summed E-state index contributed by atoms with van der Waals surface area (Å²) in [7, 11) is 1.93. The lowest BCUT2D eigenvalue weighted by molar-refractivity contribution is -0.153. The predicted octanol–water partition coefficient (Wildman–Crippen LogP) is 1.03. The highest BCUT2D eigenvalue weighted by Crippen LogP contribution is 2.43. The summed E-state index contributed by atoms with van der Waals surface area (Å²) in [6, 6.07) is 1.72. The summed E-state index contributed by atoms with van der Waals surface area (Å²) >= 11 is 0. The Balaban J connectivity index is 1.55. The normalized spacial score (nSPS) is 31.2. The van der Waals surface area contributed by atoms with Gasteiger partial charge in [-0.3, -0.25) is 9.59 Å². The molecule has 0 aromatic carbocycles. The molecule has 1 aromatic heterocycles. The van der Waals surface area contributed by atoms with Crippen LogP contribution >= 0.6 is 0 Å². The van der Waals surface area contributed by atoms with Gasteiger partial charge in [0.15, 0.2) is 0 Å². The van der Waals surface area contributed by atoms with Gasteiger partial charge in [-0.1, -0.05) is 5.16 Å². The van der Waals surface area contributed by atoms with Gasteiger partial charge in [0.1, 0.15) is 5.41 Å². The van der Waals surface area contributed by atoms with Crippen LogP contribution in [0.3, 0.4) is 0 Å². The number of carboxylic acids is 1. The molecule has 2 saturated heterocycles. The molecule has 2 aliphatic heterocycles. The first-order valence-electron chi connectivity index (χ1n) is 8.17. The Kier molecular flexibility index (Phi) is 3.23. The van der Waals surface area contributed by atoms with E-state index >= 15 is 0 Å². The Bertz CT molecular complexity index is 654. The maximum atomic E-state index is 12.7. The van der Waals surface area contributed by atoms with Crippen LogP contribution in [0.4, 0.5) is 0 Å². The Morgan fingerprint density at radius 1 is 1.35 bits per heavy atom. The number of nitrogens with zero attached hydrogens (tertiary/aromatic N) is 3. The third-order valence-electron chi connectivity index (χ3n) is 5.55. The van der Waals surface area contributed by atoms with Gasteiger partial charge in [-0.15, -0.1) is 0 Å². The highest BCUT2D eigenvalue weighted by atomic mass is 16.5. The van der Waals surface area contributed by atoms with Crippen LogP contribution in [-0.4, -0.2) is 65.2 Å². The summed E-state index contributed by atoms with van der Waals surface area (Å²) in [5.41, 5.74) is -0.0141. The number of piperidine rings is 1. The molecule has 23 heavy (non-hydrogen) atoms. The summed E-state index contributed by atoms with van der Waals surface area (Å²) < 4.78 is 5.21. The largest absolute Gasteiger partial charge is 0.481 e. The fourth-order valence-electron chi connectivity index (χ4n) is 4.04. The highest BCUT2D eigenvalue weighted by molar-refractivity contribution is 5.92. The number of aromatic nitrogens is 1. The van der Waals surface area contributed by atoms with E-state index in [1.807, 2.05) is 11.9 Å². The monoisotopic (exact) mass is 319 g/mol. The van der Waals surface area contributed by atoms with E-state index < -0.39 is 11.4 Å². The van der Waals surface area contributed by atoms with Gasteiger partial charge in [-0.25, -0.2) is 0 Å². The number of aliphatic carboxylic acids is 1. The highest BCUT2D eigenvalue weighted by Gasteiger charge is 2.55. The van der Waals surface area contributed by atoms with Crippen LogP contribution in [0.1, 0.15) is 41.4 Å². The van der Waals surface area contributed by atoms with Gasteiger partial charge in [0.2, 0.25) is 5.76 Å². The molecule has 3 heterocycles. The zero-order chi connectivity index (χ0) is 16.2. The molecule has 0 radical (unpaired) electrons. The lowest BCUT2D eigenvalue weighted by Crippen LogP contribution is -2.52. The average Bonchev–Trinajstić information content (AvgIpc) is 3.12. The number of fused-ring (bicyclic) bond motifs is 1. The molecule has 3 fully saturated rings. The molecule has 1 aromatic rings. The number of carbonyl (C=O) groups is 2. The quantitative estimate of drug-likeness (QED) is 0.895. The van der Waals surface area contributed by atoms with Crippen LogP contribution < -0.4 is 0 Å². The molecule has 1 amide bonds. The molecule has 7 nitrogen and oxygen atoms in total. The van der Waals surface area contributed by atoms with E-state index in [4.69, 9.17) is 4.52 Å². The molecule has 3 aliphatic rings. The summed E-state index contributed by atoms with van der Waals surface area (Å²) in [5.74, 6) is -0.367. The van der Waals surface area contributed by atoms with Gasteiger partial charge in [0.25, 0.3) is 5.91 Å². The number of carbonyl (C=O) groups excluding carboxylic acids is 1. The topological polar surface area (TPSA) is 86.9 Å². The minimum Gasteiger partial charge on any atom is -0.481 e. The molecule has 0 bridgehead atoms. The maximum Gasteiger partial charge on any atom is 0.313 e. The zero-order valence-electron chi connectivity index (χ0n) is 13.2. The number of likely N-dealkylation sites (tertiary alicyclic amines) is 2. The lowest BCUT2D eigenvalue weighted by atomic mass is 9.73. The van der Waals surface area contributed by atoms with E-state index in [-0.39, 0.29) is 24.1 Å². The van der Waals surface area contributed by atoms with Crippen molar-refractivity contribution in [2.24, 2.45) is 11.3 Å². The van der Waals surface area contributed by atoms with Crippen molar-refractivity contribution < 1.29 is 19.2 Å². The molecule has 2 atom stereocenters. The Morgan fingerprint density at radius 2 is 2.13 bits per heavy atom. The van der Waals surface area contributed by atoms with Crippen LogP contribution in [0.5, 0.6) is 0 Å². The smallest absolute Gasteiger partial charge is 0.313 e. The van der Waals surface area contributed by atoms with Gasteiger partial charge in [0, 0.05) is 31.6 Å². The summed E-state index contributed by atoms with van der Waals surface area (Å²) in [6.07, 6.45) is 3.00. The molecule has 1 aliphatic carbocycles. The van der Waals surface area contributed by atoms with Gasteiger partial charge < -0.3 is 19.4 Å². The number of hydrogen-bond acceptors (Lipinski definition) is 5. The van der Waals surface area contributed by atoms with Gasteiger partial charge >= 0.3 is 5.97 Å². The molecular weight excluding hydrogens is 298 g/mol. The van der Waals surface area contributed by atoms with E-state index in [1.165, 1.54) is 0 Å². The third-order valence-corrected chi connectivity index (χ3v) is 5.55. The van der Waals surface area contributed by atoms with E-state index in [2.05, 4.69) is 5.16 Å². The van der Waals surface area contributed by atoms with Gasteiger partial charge in [-0.2, -0.15) is 0 Å². The van der Waals surface area contributed by atoms with E-state index in [1.54, 1.807) is 11.0 Å². The minimum atomic E-state index is -0.859.